The van der Waals surface area contributed by atoms with E-state index in [0.29, 0.717) is 12.8 Å². The van der Waals surface area contributed by atoms with Crippen LogP contribution in [0.5, 0.6) is 0 Å². The third-order valence-corrected chi connectivity index (χ3v) is 5.45. The normalized spacial score (nSPS) is 18.0. The fourth-order valence-corrected chi connectivity index (χ4v) is 3.85. The molecule has 0 unspecified atom stereocenters. The second-order valence-corrected chi connectivity index (χ2v) is 7.22. The first kappa shape index (κ1) is 15.9. The van der Waals surface area contributed by atoms with E-state index in [2.05, 4.69) is 4.72 Å². The second kappa shape index (κ2) is 6.13. The molecule has 1 fully saturated rings. The van der Waals surface area contributed by atoms with Crippen LogP contribution in [0.15, 0.2) is 30.3 Å². The lowest BCUT2D eigenvalue weighted by atomic mass is 10.0. The molecule has 1 aliphatic carbocycles. The minimum absolute atomic E-state index is 0.200. The van der Waals surface area contributed by atoms with Crippen LogP contribution in [0.4, 0.5) is 0 Å². The van der Waals surface area contributed by atoms with Crippen molar-refractivity contribution in [2.24, 2.45) is 0 Å². The molecule has 2 N–H and O–H groups in total. The van der Waals surface area contributed by atoms with Gasteiger partial charge in [-0.15, -0.1) is 0 Å². The molecule has 0 bridgehead atoms. The van der Waals surface area contributed by atoms with Crippen molar-refractivity contribution in [2.45, 2.75) is 37.8 Å². The van der Waals surface area contributed by atoms with Crippen LogP contribution in [0.3, 0.4) is 0 Å². The maximum absolute atomic E-state index is 12.4. The number of aliphatic carboxylic acids is 1. The Morgan fingerprint density at radius 2 is 1.86 bits per heavy atom. The summed E-state index contributed by atoms with van der Waals surface area (Å²) >= 11 is 0. The summed E-state index contributed by atoms with van der Waals surface area (Å²) in [7, 11) is -2.40. The van der Waals surface area contributed by atoms with Crippen LogP contribution in [0.1, 0.15) is 31.2 Å². The molecule has 0 radical (unpaired) electrons. The number of nitrogens with one attached hydrogen (secondary N) is 1. The first-order valence-electron chi connectivity index (χ1n) is 6.88. The molecule has 116 valence electrons. The Balaban J connectivity index is 2.12. The first-order chi connectivity index (χ1) is 9.86. The van der Waals surface area contributed by atoms with Crippen molar-refractivity contribution < 1.29 is 18.3 Å². The zero-order chi connectivity index (χ0) is 15.5. The number of rotatable bonds is 6. The standard InChI is InChI=1S/C14H20N2O4S/c1-16(11-12-7-3-2-4-8-12)21(19,20)15-14(13(17)18)9-5-6-10-14/h2-4,7-8,15H,5-6,9-11H2,1H3,(H,17,18). The van der Waals surface area contributed by atoms with Crippen molar-refractivity contribution in [3.63, 3.8) is 0 Å². The summed E-state index contributed by atoms with van der Waals surface area (Å²) in [5.74, 6) is -1.10. The van der Waals surface area contributed by atoms with Gasteiger partial charge in [0.2, 0.25) is 0 Å². The Morgan fingerprint density at radius 3 is 2.38 bits per heavy atom. The lowest BCUT2D eigenvalue weighted by Crippen LogP contribution is -2.55. The lowest BCUT2D eigenvalue weighted by Gasteiger charge is -2.28. The van der Waals surface area contributed by atoms with E-state index in [-0.39, 0.29) is 6.54 Å². The summed E-state index contributed by atoms with van der Waals surface area (Å²) in [6.07, 6.45) is 2.11. The molecule has 7 heteroatoms. The molecule has 0 atom stereocenters. The van der Waals surface area contributed by atoms with Gasteiger partial charge in [-0.1, -0.05) is 43.2 Å². The van der Waals surface area contributed by atoms with Crippen LogP contribution in [-0.2, 0) is 21.5 Å². The zero-order valence-electron chi connectivity index (χ0n) is 11.9. The van der Waals surface area contributed by atoms with E-state index in [1.54, 1.807) is 0 Å². The molecule has 1 aromatic rings. The van der Waals surface area contributed by atoms with Gasteiger partial charge in [0.15, 0.2) is 0 Å². The van der Waals surface area contributed by atoms with Gasteiger partial charge in [0.05, 0.1) is 0 Å². The van der Waals surface area contributed by atoms with Gasteiger partial charge in [-0.05, 0) is 18.4 Å². The van der Waals surface area contributed by atoms with E-state index in [4.69, 9.17) is 0 Å². The Morgan fingerprint density at radius 1 is 1.29 bits per heavy atom. The number of benzene rings is 1. The van der Waals surface area contributed by atoms with Crippen LogP contribution < -0.4 is 4.72 Å². The highest BCUT2D eigenvalue weighted by atomic mass is 32.2. The van der Waals surface area contributed by atoms with Crippen molar-refractivity contribution in [1.82, 2.24) is 9.03 Å². The van der Waals surface area contributed by atoms with Crippen LogP contribution in [-0.4, -0.2) is 36.4 Å². The SMILES string of the molecule is CN(Cc1ccccc1)S(=O)(=O)NC1(C(=O)O)CCCC1. The van der Waals surface area contributed by atoms with E-state index < -0.39 is 21.7 Å². The predicted molar refractivity (Wildman–Crippen MR) is 78.8 cm³/mol. The summed E-state index contributed by atoms with van der Waals surface area (Å²) in [5, 5.41) is 9.35. The van der Waals surface area contributed by atoms with Crippen molar-refractivity contribution in [2.75, 3.05) is 7.05 Å². The van der Waals surface area contributed by atoms with Gasteiger partial charge in [0, 0.05) is 13.6 Å². The van der Waals surface area contributed by atoms with Crippen molar-refractivity contribution >= 4 is 16.2 Å². The van der Waals surface area contributed by atoms with Crippen LogP contribution >= 0.6 is 0 Å². The summed E-state index contributed by atoms with van der Waals surface area (Å²) < 4.78 is 28.2. The molecular weight excluding hydrogens is 292 g/mol. The molecular formula is C14H20N2O4S. The van der Waals surface area contributed by atoms with Gasteiger partial charge >= 0.3 is 5.97 Å². The van der Waals surface area contributed by atoms with Gasteiger partial charge in [-0.3, -0.25) is 4.79 Å². The second-order valence-electron chi connectivity index (χ2n) is 5.44. The molecule has 0 amide bonds. The van der Waals surface area contributed by atoms with Gasteiger partial charge in [-0.25, -0.2) is 0 Å². The number of hydrogen-bond acceptors (Lipinski definition) is 3. The Bertz CT molecular complexity index is 595. The smallest absolute Gasteiger partial charge is 0.324 e. The van der Waals surface area contributed by atoms with Gasteiger partial charge in [0.25, 0.3) is 10.2 Å². The fourth-order valence-electron chi connectivity index (χ4n) is 2.59. The highest BCUT2D eigenvalue weighted by Crippen LogP contribution is 2.31. The molecule has 21 heavy (non-hydrogen) atoms. The first-order valence-corrected chi connectivity index (χ1v) is 8.32. The number of hydrogen-bond donors (Lipinski definition) is 2. The lowest BCUT2D eigenvalue weighted by molar-refractivity contribution is -0.143. The van der Waals surface area contributed by atoms with E-state index in [1.807, 2.05) is 30.3 Å². The monoisotopic (exact) mass is 312 g/mol. The third kappa shape index (κ3) is 3.61. The van der Waals surface area contributed by atoms with Crippen LogP contribution in [0.2, 0.25) is 0 Å². The van der Waals surface area contributed by atoms with Gasteiger partial charge < -0.3 is 5.11 Å². The summed E-state index contributed by atoms with van der Waals surface area (Å²) in [5.41, 5.74) is -0.509. The maximum Gasteiger partial charge on any atom is 0.324 e. The van der Waals surface area contributed by atoms with Crippen LogP contribution in [0.25, 0.3) is 0 Å². The summed E-state index contributed by atoms with van der Waals surface area (Å²) in [6, 6.07) is 9.18. The van der Waals surface area contributed by atoms with E-state index in [9.17, 15) is 18.3 Å². The largest absolute Gasteiger partial charge is 0.480 e. The Hall–Kier alpha value is -1.44. The van der Waals surface area contributed by atoms with Crippen molar-refractivity contribution in [3.8, 4) is 0 Å². The average Bonchev–Trinajstić information content (AvgIpc) is 2.89. The van der Waals surface area contributed by atoms with E-state index in [0.717, 1.165) is 22.7 Å². The number of carboxylic acids is 1. The minimum atomic E-state index is -3.84. The molecule has 0 heterocycles. The van der Waals surface area contributed by atoms with Crippen molar-refractivity contribution in [3.05, 3.63) is 35.9 Å². The van der Waals surface area contributed by atoms with Crippen molar-refractivity contribution in [1.29, 1.82) is 0 Å². The quantitative estimate of drug-likeness (QED) is 0.830. The third-order valence-electron chi connectivity index (χ3n) is 3.85. The molecule has 1 aromatic carbocycles. The van der Waals surface area contributed by atoms with Gasteiger partial charge in [0.1, 0.15) is 5.54 Å². The molecule has 0 spiro atoms. The average molecular weight is 312 g/mol. The molecule has 0 saturated heterocycles. The molecule has 1 saturated carbocycles. The van der Waals surface area contributed by atoms with Gasteiger partial charge in [-0.2, -0.15) is 17.4 Å². The minimum Gasteiger partial charge on any atom is -0.480 e. The molecule has 0 aliphatic heterocycles. The molecule has 1 aliphatic rings. The van der Waals surface area contributed by atoms with Crippen LogP contribution in [0, 0.1) is 0 Å². The number of nitrogens with zero attached hydrogens (tertiary/aromatic N) is 1. The summed E-state index contributed by atoms with van der Waals surface area (Å²) in [4.78, 5) is 11.4. The Kier molecular flexibility index (Phi) is 4.65. The van der Waals surface area contributed by atoms with E-state index >= 15 is 0 Å². The fraction of sp³-hybridized carbons (Fsp3) is 0.500. The molecule has 2 rings (SSSR count). The highest BCUT2D eigenvalue weighted by molar-refractivity contribution is 7.87. The topological polar surface area (TPSA) is 86.7 Å². The molecule has 0 aromatic heterocycles. The molecule has 6 nitrogen and oxygen atoms in total. The predicted octanol–water partition coefficient (Wildman–Crippen LogP) is 1.35. The highest BCUT2D eigenvalue weighted by Gasteiger charge is 2.45. The number of carbonyl (C=O) groups is 1. The zero-order valence-corrected chi connectivity index (χ0v) is 12.8. The summed E-state index contributed by atoms with van der Waals surface area (Å²) in [6.45, 7) is 0.200. The van der Waals surface area contributed by atoms with E-state index in [1.165, 1.54) is 7.05 Å². The number of carboxylic acid groups (broad SMARTS) is 1. The Labute approximate surface area is 125 Å². The maximum atomic E-state index is 12.4.